The van der Waals surface area contributed by atoms with Crippen LogP contribution in [0.25, 0.3) is 11.1 Å². The first-order valence-electron chi connectivity index (χ1n) is 5.62. The van der Waals surface area contributed by atoms with Crippen LogP contribution >= 0.6 is 0 Å². The smallest absolute Gasteiger partial charge is 0.308 e. The molecular formula is C15H14O3. The Bertz CT molecular complexity index is 561. The molecule has 0 atom stereocenters. The fraction of sp³-hybridized carbons (Fsp3) is 0.133. The van der Waals surface area contributed by atoms with Gasteiger partial charge in [0.15, 0.2) is 0 Å². The van der Waals surface area contributed by atoms with Gasteiger partial charge in [-0.1, -0.05) is 24.3 Å². The predicted octanol–water partition coefficient (Wildman–Crippen LogP) is 3.29. The molecule has 92 valence electrons. The molecule has 0 radical (unpaired) electrons. The van der Waals surface area contributed by atoms with Crippen LogP contribution in [0, 0.1) is 0 Å². The maximum atomic E-state index is 10.9. The van der Waals surface area contributed by atoms with E-state index in [4.69, 9.17) is 9.47 Å². The van der Waals surface area contributed by atoms with Crippen molar-refractivity contribution in [2.75, 3.05) is 7.11 Å². The van der Waals surface area contributed by atoms with Gasteiger partial charge in [-0.15, -0.1) is 0 Å². The zero-order valence-corrected chi connectivity index (χ0v) is 10.3. The first-order valence-corrected chi connectivity index (χ1v) is 5.62. The molecule has 0 aromatic heterocycles. The summed E-state index contributed by atoms with van der Waals surface area (Å²) < 4.78 is 10.2. The van der Waals surface area contributed by atoms with Crippen molar-refractivity contribution in [3.63, 3.8) is 0 Å². The lowest BCUT2D eigenvalue weighted by Gasteiger charge is -2.07. The fourth-order valence-corrected chi connectivity index (χ4v) is 1.71. The lowest BCUT2D eigenvalue weighted by Crippen LogP contribution is -2.01. The molecule has 0 heterocycles. The Morgan fingerprint density at radius 1 is 0.944 bits per heavy atom. The molecule has 0 spiro atoms. The molecule has 3 nitrogen and oxygen atoms in total. The summed E-state index contributed by atoms with van der Waals surface area (Å²) in [5, 5.41) is 0. The van der Waals surface area contributed by atoms with Crippen LogP contribution < -0.4 is 9.47 Å². The summed E-state index contributed by atoms with van der Waals surface area (Å²) in [7, 11) is 1.63. The summed E-state index contributed by atoms with van der Waals surface area (Å²) in [6.45, 7) is 1.39. The topological polar surface area (TPSA) is 35.5 Å². The summed E-state index contributed by atoms with van der Waals surface area (Å²) in [5.74, 6) is 1.02. The summed E-state index contributed by atoms with van der Waals surface area (Å²) in [5.41, 5.74) is 2.00. The second-order valence-corrected chi connectivity index (χ2v) is 3.85. The lowest BCUT2D eigenvalue weighted by molar-refractivity contribution is -0.131. The van der Waals surface area contributed by atoms with Crippen LogP contribution in [0.15, 0.2) is 48.5 Å². The Morgan fingerprint density at radius 3 is 2.06 bits per heavy atom. The van der Waals surface area contributed by atoms with Crippen LogP contribution in [0.1, 0.15) is 6.92 Å². The van der Waals surface area contributed by atoms with Gasteiger partial charge >= 0.3 is 5.97 Å². The Hall–Kier alpha value is -2.29. The number of esters is 1. The summed E-state index contributed by atoms with van der Waals surface area (Å²) >= 11 is 0. The lowest BCUT2D eigenvalue weighted by atomic mass is 10.1. The molecule has 0 aliphatic heterocycles. The SMILES string of the molecule is COc1cccc(-c2cccc(OC(C)=O)c2)c1. The zero-order chi connectivity index (χ0) is 13.0. The van der Waals surface area contributed by atoms with Crippen molar-refractivity contribution >= 4 is 5.97 Å². The minimum absolute atomic E-state index is 0.321. The molecule has 0 saturated carbocycles. The van der Waals surface area contributed by atoms with Crippen LogP contribution in [0.5, 0.6) is 11.5 Å². The first kappa shape index (κ1) is 12.2. The number of methoxy groups -OCH3 is 1. The molecule has 0 saturated heterocycles. The maximum absolute atomic E-state index is 10.9. The number of hydrogen-bond donors (Lipinski definition) is 0. The average Bonchev–Trinajstić information content (AvgIpc) is 2.38. The highest BCUT2D eigenvalue weighted by Gasteiger charge is 2.03. The molecule has 0 aliphatic rings. The largest absolute Gasteiger partial charge is 0.497 e. The minimum Gasteiger partial charge on any atom is -0.497 e. The summed E-state index contributed by atoms with van der Waals surface area (Å²) in [6.07, 6.45) is 0. The van der Waals surface area contributed by atoms with Crippen molar-refractivity contribution < 1.29 is 14.3 Å². The highest BCUT2D eigenvalue weighted by atomic mass is 16.5. The molecule has 0 bridgehead atoms. The third kappa shape index (κ3) is 2.88. The number of ether oxygens (including phenoxy) is 2. The highest BCUT2D eigenvalue weighted by molar-refractivity contribution is 5.71. The van der Waals surface area contributed by atoms with Crippen molar-refractivity contribution in [3.8, 4) is 22.6 Å². The van der Waals surface area contributed by atoms with E-state index in [0.717, 1.165) is 16.9 Å². The van der Waals surface area contributed by atoms with Gasteiger partial charge in [0.25, 0.3) is 0 Å². The van der Waals surface area contributed by atoms with E-state index in [1.54, 1.807) is 13.2 Å². The standard InChI is InChI=1S/C15H14O3/c1-11(16)18-15-8-4-6-13(10-15)12-5-3-7-14(9-12)17-2/h3-10H,1-2H3. The van der Waals surface area contributed by atoms with E-state index in [1.807, 2.05) is 42.5 Å². The van der Waals surface area contributed by atoms with E-state index in [0.29, 0.717) is 5.75 Å². The van der Waals surface area contributed by atoms with Crippen molar-refractivity contribution in [2.24, 2.45) is 0 Å². The normalized spacial score (nSPS) is 9.89. The third-order valence-corrected chi connectivity index (χ3v) is 2.50. The van der Waals surface area contributed by atoms with Crippen LogP contribution in [-0.4, -0.2) is 13.1 Å². The Labute approximate surface area is 106 Å². The Balaban J connectivity index is 2.34. The van der Waals surface area contributed by atoms with E-state index in [1.165, 1.54) is 6.92 Å². The second-order valence-electron chi connectivity index (χ2n) is 3.85. The molecule has 0 fully saturated rings. The summed E-state index contributed by atoms with van der Waals surface area (Å²) in [4.78, 5) is 10.9. The first-order chi connectivity index (χ1) is 8.69. The monoisotopic (exact) mass is 242 g/mol. The molecule has 18 heavy (non-hydrogen) atoms. The quantitative estimate of drug-likeness (QED) is 0.612. The number of hydrogen-bond acceptors (Lipinski definition) is 3. The van der Waals surface area contributed by atoms with Gasteiger partial charge in [-0.2, -0.15) is 0 Å². The van der Waals surface area contributed by atoms with E-state index in [-0.39, 0.29) is 5.97 Å². The zero-order valence-electron chi connectivity index (χ0n) is 10.3. The van der Waals surface area contributed by atoms with E-state index >= 15 is 0 Å². The van der Waals surface area contributed by atoms with Gasteiger partial charge in [0.2, 0.25) is 0 Å². The fourth-order valence-electron chi connectivity index (χ4n) is 1.71. The molecule has 2 rings (SSSR count). The second kappa shape index (κ2) is 5.36. The van der Waals surface area contributed by atoms with Crippen molar-refractivity contribution in [1.29, 1.82) is 0 Å². The van der Waals surface area contributed by atoms with Gasteiger partial charge in [-0.05, 0) is 35.4 Å². The van der Waals surface area contributed by atoms with E-state index < -0.39 is 0 Å². The van der Waals surface area contributed by atoms with Gasteiger partial charge in [0, 0.05) is 6.92 Å². The van der Waals surface area contributed by atoms with Crippen LogP contribution in [0.2, 0.25) is 0 Å². The molecule has 3 heteroatoms. The number of benzene rings is 2. The van der Waals surface area contributed by atoms with Gasteiger partial charge < -0.3 is 9.47 Å². The number of rotatable bonds is 3. The van der Waals surface area contributed by atoms with Crippen LogP contribution in [0.3, 0.4) is 0 Å². The molecule has 2 aromatic carbocycles. The maximum Gasteiger partial charge on any atom is 0.308 e. The molecule has 0 amide bonds. The van der Waals surface area contributed by atoms with E-state index in [2.05, 4.69) is 0 Å². The molecule has 0 aliphatic carbocycles. The predicted molar refractivity (Wildman–Crippen MR) is 69.7 cm³/mol. The van der Waals surface area contributed by atoms with Gasteiger partial charge in [0.05, 0.1) is 7.11 Å². The van der Waals surface area contributed by atoms with Crippen molar-refractivity contribution in [1.82, 2.24) is 0 Å². The summed E-state index contributed by atoms with van der Waals surface area (Å²) in [6, 6.07) is 15.1. The minimum atomic E-state index is -0.321. The van der Waals surface area contributed by atoms with Gasteiger partial charge in [-0.3, -0.25) is 4.79 Å². The highest BCUT2D eigenvalue weighted by Crippen LogP contribution is 2.26. The molecule has 0 N–H and O–H groups in total. The van der Waals surface area contributed by atoms with E-state index in [9.17, 15) is 4.79 Å². The van der Waals surface area contributed by atoms with Gasteiger partial charge in [0.1, 0.15) is 11.5 Å². The van der Waals surface area contributed by atoms with Crippen LogP contribution in [-0.2, 0) is 4.79 Å². The van der Waals surface area contributed by atoms with Gasteiger partial charge in [-0.25, -0.2) is 0 Å². The number of carbonyl (C=O) groups excluding carboxylic acids is 1. The molecule has 2 aromatic rings. The van der Waals surface area contributed by atoms with Crippen molar-refractivity contribution in [2.45, 2.75) is 6.92 Å². The Morgan fingerprint density at radius 2 is 1.50 bits per heavy atom. The van der Waals surface area contributed by atoms with Crippen molar-refractivity contribution in [3.05, 3.63) is 48.5 Å². The molecule has 0 unspecified atom stereocenters. The third-order valence-electron chi connectivity index (χ3n) is 2.50. The number of carbonyl (C=O) groups is 1. The Kier molecular flexibility index (Phi) is 3.63. The molecular weight excluding hydrogens is 228 g/mol. The van der Waals surface area contributed by atoms with Crippen LogP contribution in [0.4, 0.5) is 0 Å². The average molecular weight is 242 g/mol.